The number of carboxylic acids is 1. The largest absolute Gasteiger partial charge is 0.493 e. The lowest BCUT2D eigenvalue weighted by molar-refractivity contribution is -0.385. The Morgan fingerprint density at radius 1 is 1.33 bits per heavy atom. The fourth-order valence-corrected chi connectivity index (χ4v) is 3.09. The van der Waals surface area contributed by atoms with Crippen molar-refractivity contribution in [2.75, 3.05) is 20.2 Å². The molecule has 27 heavy (non-hydrogen) atoms. The minimum absolute atomic E-state index is 0.104. The van der Waals surface area contributed by atoms with E-state index in [1.807, 2.05) is 0 Å². The fraction of sp³-hybridized carbons (Fsp3) is 0.500. The number of carbonyl (C=O) groups is 2. The molecular weight excluding hydrogens is 370 g/mol. The number of carbonyl (C=O) groups excluding carboxylic acids is 1. The van der Waals surface area contributed by atoms with Crippen LogP contribution in [0, 0.1) is 22.0 Å². The zero-order chi connectivity index (χ0) is 20.3. The molecule has 0 aromatic heterocycles. The van der Waals surface area contributed by atoms with Crippen LogP contribution in [0.2, 0.25) is 0 Å². The first-order chi connectivity index (χ1) is 12.6. The Kier molecular flexibility index (Phi) is 6.13. The molecule has 1 saturated heterocycles. The van der Waals surface area contributed by atoms with Gasteiger partial charge in [-0.2, -0.15) is 8.78 Å². The Balaban J connectivity index is 2.44. The molecule has 0 spiro atoms. The second-order valence-corrected chi connectivity index (χ2v) is 6.24. The van der Waals surface area contributed by atoms with E-state index in [0.717, 1.165) is 13.2 Å². The van der Waals surface area contributed by atoms with Crippen LogP contribution in [-0.4, -0.2) is 53.6 Å². The van der Waals surface area contributed by atoms with Gasteiger partial charge in [0.2, 0.25) is 0 Å². The van der Waals surface area contributed by atoms with Gasteiger partial charge in [-0.15, -0.1) is 0 Å². The first kappa shape index (κ1) is 20.3. The van der Waals surface area contributed by atoms with Gasteiger partial charge in [0.15, 0.2) is 11.5 Å². The van der Waals surface area contributed by atoms with Crippen molar-refractivity contribution in [3.8, 4) is 11.5 Å². The molecular formula is C16H18F2N2O7. The smallest absolute Gasteiger partial charge is 0.387 e. The van der Waals surface area contributed by atoms with Crippen molar-refractivity contribution in [1.82, 2.24) is 4.90 Å². The zero-order valence-electron chi connectivity index (χ0n) is 14.6. The van der Waals surface area contributed by atoms with Gasteiger partial charge in [0.05, 0.1) is 24.0 Å². The van der Waals surface area contributed by atoms with Crippen LogP contribution in [0.25, 0.3) is 0 Å². The number of hydrogen-bond donors (Lipinski definition) is 1. The van der Waals surface area contributed by atoms with Gasteiger partial charge in [-0.1, -0.05) is 6.92 Å². The summed E-state index contributed by atoms with van der Waals surface area (Å²) in [5.74, 6) is -3.60. The van der Waals surface area contributed by atoms with Crippen molar-refractivity contribution in [3.63, 3.8) is 0 Å². The van der Waals surface area contributed by atoms with Crippen LogP contribution in [-0.2, 0) is 4.79 Å². The standard InChI is InChI=1S/C16H18F2N2O7/c1-8-3-9(15(22)23)7-19(6-8)14(21)10-4-12(26-2)13(27-16(17)18)5-11(10)20(24)25/h4-5,8-9,16H,3,6-7H2,1-2H3,(H,22,23). The summed E-state index contributed by atoms with van der Waals surface area (Å²) >= 11 is 0. The highest BCUT2D eigenvalue weighted by atomic mass is 19.3. The average Bonchev–Trinajstić information content (AvgIpc) is 2.59. The van der Waals surface area contributed by atoms with Crippen molar-refractivity contribution < 1.29 is 37.9 Å². The molecule has 1 heterocycles. The number of nitrogens with zero attached hydrogens (tertiary/aromatic N) is 2. The van der Waals surface area contributed by atoms with Gasteiger partial charge in [-0.25, -0.2) is 0 Å². The zero-order valence-corrected chi connectivity index (χ0v) is 14.6. The van der Waals surface area contributed by atoms with E-state index in [0.29, 0.717) is 12.5 Å². The highest BCUT2D eigenvalue weighted by molar-refractivity contribution is 5.99. The highest BCUT2D eigenvalue weighted by Crippen LogP contribution is 2.37. The molecule has 9 nitrogen and oxygen atoms in total. The van der Waals surface area contributed by atoms with E-state index >= 15 is 0 Å². The quantitative estimate of drug-likeness (QED) is 0.587. The van der Waals surface area contributed by atoms with E-state index in [9.17, 15) is 33.6 Å². The maximum absolute atomic E-state index is 12.8. The number of nitro benzene ring substituents is 1. The van der Waals surface area contributed by atoms with Crippen molar-refractivity contribution in [3.05, 3.63) is 27.8 Å². The summed E-state index contributed by atoms with van der Waals surface area (Å²) in [6.45, 7) is -1.35. The van der Waals surface area contributed by atoms with Crippen LogP contribution in [0.1, 0.15) is 23.7 Å². The number of nitro groups is 1. The molecule has 2 unspecified atom stereocenters. The van der Waals surface area contributed by atoms with Crippen LogP contribution in [0.15, 0.2) is 12.1 Å². The number of ether oxygens (including phenoxy) is 2. The number of amides is 1. The van der Waals surface area contributed by atoms with Crippen molar-refractivity contribution in [2.24, 2.45) is 11.8 Å². The Morgan fingerprint density at radius 2 is 2.00 bits per heavy atom. The molecule has 11 heteroatoms. The topological polar surface area (TPSA) is 119 Å². The monoisotopic (exact) mass is 388 g/mol. The maximum Gasteiger partial charge on any atom is 0.387 e. The Labute approximate surface area is 152 Å². The van der Waals surface area contributed by atoms with Crippen molar-refractivity contribution in [2.45, 2.75) is 20.0 Å². The number of hydrogen-bond acceptors (Lipinski definition) is 6. The van der Waals surface area contributed by atoms with E-state index in [-0.39, 0.29) is 24.8 Å². The van der Waals surface area contributed by atoms with E-state index in [2.05, 4.69) is 4.74 Å². The number of piperidine rings is 1. The van der Waals surface area contributed by atoms with Gasteiger partial charge in [-0.05, 0) is 12.3 Å². The molecule has 1 aliphatic heterocycles. The van der Waals surface area contributed by atoms with Crippen LogP contribution < -0.4 is 9.47 Å². The average molecular weight is 388 g/mol. The SMILES string of the molecule is COc1cc(C(=O)N2CC(C)CC(C(=O)O)C2)c([N+](=O)[O-])cc1OC(F)F. The third-order valence-corrected chi connectivity index (χ3v) is 4.22. The summed E-state index contributed by atoms with van der Waals surface area (Å²) in [6, 6.07) is 1.65. The molecule has 1 amide bonds. The van der Waals surface area contributed by atoms with E-state index in [1.54, 1.807) is 6.92 Å². The number of rotatable bonds is 6. The molecule has 0 radical (unpaired) electrons. The van der Waals surface area contributed by atoms with E-state index < -0.39 is 46.3 Å². The molecule has 0 bridgehead atoms. The number of alkyl halides is 2. The van der Waals surface area contributed by atoms with E-state index in [1.165, 1.54) is 4.90 Å². The van der Waals surface area contributed by atoms with Gasteiger partial charge in [-0.3, -0.25) is 19.7 Å². The fourth-order valence-electron chi connectivity index (χ4n) is 3.09. The Morgan fingerprint density at radius 3 is 2.52 bits per heavy atom. The molecule has 148 valence electrons. The third-order valence-electron chi connectivity index (χ3n) is 4.22. The molecule has 1 aliphatic rings. The maximum atomic E-state index is 12.8. The summed E-state index contributed by atoms with van der Waals surface area (Å²) < 4.78 is 34.1. The highest BCUT2D eigenvalue weighted by Gasteiger charge is 2.35. The number of halogens is 2. The minimum Gasteiger partial charge on any atom is -0.493 e. The predicted molar refractivity (Wildman–Crippen MR) is 87.1 cm³/mol. The Bertz CT molecular complexity index is 757. The molecule has 1 fully saturated rings. The summed E-state index contributed by atoms with van der Waals surface area (Å²) in [4.78, 5) is 35.8. The number of benzene rings is 1. The molecule has 0 saturated carbocycles. The van der Waals surface area contributed by atoms with Crippen LogP contribution in [0.5, 0.6) is 11.5 Å². The summed E-state index contributed by atoms with van der Waals surface area (Å²) in [6.07, 6.45) is 0.381. The first-order valence-electron chi connectivity index (χ1n) is 7.97. The second kappa shape index (κ2) is 8.14. The number of aliphatic carboxylic acids is 1. The van der Waals surface area contributed by atoms with Crippen LogP contribution >= 0.6 is 0 Å². The van der Waals surface area contributed by atoms with Gasteiger partial charge in [0.1, 0.15) is 5.56 Å². The van der Waals surface area contributed by atoms with Gasteiger partial charge >= 0.3 is 12.6 Å². The lowest BCUT2D eigenvalue weighted by Gasteiger charge is -2.34. The van der Waals surface area contributed by atoms with Crippen LogP contribution in [0.3, 0.4) is 0 Å². The first-order valence-corrected chi connectivity index (χ1v) is 7.97. The lowest BCUT2D eigenvalue weighted by atomic mass is 9.90. The molecule has 1 N–H and O–H groups in total. The van der Waals surface area contributed by atoms with Gasteiger partial charge < -0.3 is 19.5 Å². The normalized spacial score (nSPS) is 19.7. The predicted octanol–water partition coefficient (Wildman–Crippen LogP) is 2.39. The molecule has 1 aromatic rings. The van der Waals surface area contributed by atoms with E-state index in [4.69, 9.17) is 4.74 Å². The molecule has 0 aliphatic carbocycles. The van der Waals surface area contributed by atoms with Crippen molar-refractivity contribution in [1.29, 1.82) is 0 Å². The summed E-state index contributed by atoms with van der Waals surface area (Å²) in [5.41, 5.74) is -1.13. The Hall–Kier alpha value is -2.98. The van der Waals surface area contributed by atoms with Gasteiger partial charge in [0, 0.05) is 19.2 Å². The van der Waals surface area contributed by atoms with Gasteiger partial charge in [0.25, 0.3) is 11.6 Å². The molecule has 1 aromatic carbocycles. The minimum atomic E-state index is -3.24. The summed E-state index contributed by atoms with van der Waals surface area (Å²) in [7, 11) is 1.14. The lowest BCUT2D eigenvalue weighted by Crippen LogP contribution is -2.45. The number of likely N-dealkylation sites (tertiary alicyclic amines) is 1. The summed E-state index contributed by atoms with van der Waals surface area (Å²) in [5, 5.41) is 20.6. The third kappa shape index (κ3) is 4.60. The molecule has 2 rings (SSSR count). The second-order valence-electron chi connectivity index (χ2n) is 6.24. The number of methoxy groups -OCH3 is 1. The van der Waals surface area contributed by atoms with Crippen molar-refractivity contribution >= 4 is 17.6 Å². The van der Waals surface area contributed by atoms with Crippen LogP contribution in [0.4, 0.5) is 14.5 Å². The number of carboxylic acid groups (broad SMARTS) is 1. The molecule has 2 atom stereocenters.